The van der Waals surface area contributed by atoms with Gasteiger partial charge in [0.2, 0.25) is 0 Å². The van der Waals surface area contributed by atoms with Crippen LogP contribution in [0.25, 0.3) is 11.1 Å². The third-order valence-electron chi connectivity index (χ3n) is 5.44. The van der Waals surface area contributed by atoms with Crippen LogP contribution in [0.4, 0.5) is 10.6 Å². The average molecular weight is 454 g/mol. The molecule has 1 aromatic carbocycles. The van der Waals surface area contributed by atoms with Gasteiger partial charge in [0.15, 0.2) is 0 Å². The van der Waals surface area contributed by atoms with Gasteiger partial charge >= 0.3 is 12.1 Å². The summed E-state index contributed by atoms with van der Waals surface area (Å²) < 4.78 is 11.2. The number of likely N-dealkylation sites (N-methyl/N-ethyl adjacent to an activating group) is 1. The van der Waals surface area contributed by atoms with Gasteiger partial charge in [0, 0.05) is 31.4 Å². The van der Waals surface area contributed by atoms with E-state index in [4.69, 9.17) is 9.47 Å². The van der Waals surface area contributed by atoms with E-state index in [0.717, 1.165) is 17.5 Å². The second kappa shape index (κ2) is 10.2. The third kappa shape index (κ3) is 6.03. The lowest BCUT2D eigenvalue weighted by Crippen LogP contribution is -2.44. The zero-order valence-corrected chi connectivity index (χ0v) is 20.5. The SMILES string of the molecule is CCN(C(=O)OC(C)(C)C)C1CCN(c2nccc(-c3ccccc3)c2C(=O)OC(C)C)C1. The van der Waals surface area contributed by atoms with Gasteiger partial charge < -0.3 is 19.3 Å². The monoisotopic (exact) mass is 453 g/mol. The Hall–Kier alpha value is -3.09. The van der Waals surface area contributed by atoms with Crippen LogP contribution >= 0.6 is 0 Å². The van der Waals surface area contributed by atoms with Crippen molar-refractivity contribution in [3.63, 3.8) is 0 Å². The Morgan fingerprint density at radius 2 is 1.88 bits per heavy atom. The van der Waals surface area contributed by atoms with Gasteiger partial charge in [0.1, 0.15) is 17.0 Å². The first kappa shape index (κ1) is 24.6. The van der Waals surface area contributed by atoms with E-state index in [0.29, 0.717) is 31.0 Å². The molecule has 0 saturated carbocycles. The van der Waals surface area contributed by atoms with Gasteiger partial charge in [0.05, 0.1) is 12.1 Å². The zero-order chi connectivity index (χ0) is 24.2. The van der Waals surface area contributed by atoms with Gasteiger partial charge in [-0.1, -0.05) is 30.3 Å². The summed E-state index contributed by atoms with van der Waals surface area (Å²) in [6.45, 7) is 13.0. The molecule has 0 aliphatic carbocycles. The second-order valence-electron chi connectivity index (χ2n) is 9.53. The minimum absolute atomic E-state index is 0.0269. The number of aromatic nitrogens is 1. The van der Waals surface area contributed by atoms with Crippen LogP contribution < -0.4 is 4.90 Å². The lowest BCUT2D eigenvalue weighted by atomic mass is 10.0. The van der Waals surface area contributed by atoms with Crippen LogP contribution in [0.2, 0.25) is 0 Å². The summed E-state index contributed by atoms with van der Waals surface area (Å²) in [5, 5.41) is 0. The molecule has 0 spiro atoms. The summed E-state index contributed by atoms with van der Waals surface area (Å²) in [4.78, 5) is 34.4. The largest absolute Gasteiger partial charge is 0.459 e. The van der Waals surface area contributed by atoms with Crippen molar-refractivity contribution in [2.45, 2.75) is 65.7 Å². The molecule has 1 amide bonds. The highest BCUT2D eigenvalue weighted by Gasteiger charge is 2.35. The summed E-state index contributed by atoms with van der Waals surface area (Å²) in [7, 11) is 0. The van der Waals surface area contributed by atoms with Gasteiger partial charge in [-0.25, -0.2) is 14.6 Å². The van der Waals surface area contributed by atoms with E-state index in [1.54, 1.807) is 11.1 Å². The van der Waals surface area contributed by atoms with Crippen molar-refractivity contribution in [1.29, 1.82) is 0 Å². The maximum Gasteiger partial charge on any atom is 0.410 e. The average Bonchev–Trinajstić information content (AvgIpc) is 3.22. The first-order valence-electron chi connectivity index (χ1n) is 11.6. The third-order valence-corrected chi connectivity index (χ3v) is 5.44. The smallest absolute Gasteiger partial charge is 0.410 e. The fraction of sp³-hybridized carbons (Fsp3) is 0.500. The summed E-state index contributed by atoms with van der Waals surface area (Å²) in [5.41, 5.74) is 1.62. The molecule has 0 radical (unpaired) electrons. The highest BCUT2D eigenvalue weighted by Crippen LogP contribution is 2.33. The Bertz CT molecular complexity index is 969. The van der Waals surface area contributed by atoms with Crippen molar-refractivity contribution in [1.82, 2.24) is 9.88 Å². The van der Waals surface area contributed by atoms with E-state index in [1.165, 1.54) is 0 Å². The molecule has 1 fully saturated rings. The van der Waals surface area contributed by atoms with Crippen LogP contribution in [0.3, 0.4) is 0 Å². The van der Waals surface area contributed by atoms with Gasteiger partial charge in [-0.15, -0.1) is 0 Å². The van der Waals surface area contributed by atoms with Crippen LogP contribution in [0.5, 0.6) is 0 Å². The predicted molar refractivity (Wildman–Crippen MR) is 129 cm³/mol. The van der Waals surface area contributed by atoms with Gasteiger partial charge in [-0.2, -0.15) is 0 Å². The molecule has 3 rings (SSSR count). The number of esters is 1. The molecule has 1 saturated heterocycles. The number of hydrogen-bond acceptors (Lipinski definition) is 6. The van der Waals surface area contributed by atoms with Crippen LogP contribution in [-0.4, -0.2) is 59.3 Å². The lowest BCUT2D eigenvalue weighted by molar-refractivity contribution is 0.0190. The maximum absolute atomic E-state index is 13.2. The Labute approximate surface area is 196 Å². The number of hydrogen-bond donors (Lipinski definition) is 0. The van der Waals surface area contributed by atoms with Crippen molar-refractivity contribution >= 4 is 17.9 Å². The topological polar surface area (TPSA) is 72.0 Å². The van der Waals surface area contributed by atoms with Crippen LogP contribution in [0, 0.1) is 0 Å². The number of benzene rings is 1. The molecule has 1 aliphatic heterocycles. The number of carbonyl (C=O) groups excluding carboxylic acids is 2. The molecule has 0 N–H and O–H groups in total. The van der Waals surface area contributed by atoms with Crippen LogP contribution in [0.1, 0.15) is 58.3 Å². The molecule has 1 atom stereocenters. The molecule has 2 aromatic rings. The first-order valence-corrected chi connectivity index (χ1v) is 11.6. The van der Waals surface area contributed by atoms with E-state index in [-0.39, 0.29) is 18.2 Å². The van der Waals surface area contributed by atoms with Crippen molar-refractivity contribution in [2.24, 2.45) is 0 Å². The van der Waals surface area contributed by atoms with E-state index >= 15 is 0 Å². The number of pyridine rings is 1. The molecule has 7 nitrogen and oxygen atoms in total. The van der Waals surface area contributed by atoms with Crippen LogP contribution in [-0.2, 0) is 9.47 Å². The molecule has 7 heteroatoms. The number of anilines is 1. The number of ether oxygens (including phenoxy) is 2. The highest BCUT2D eigenvalue weighted by atomic mass is 16.6. The second-order valence-corrected chi connectivity index (χ2v) is 9.53. The van der Waals surface area contributed by atoms with Gasteiger partial charge in [0.25, 0.3) is 0 Å². The summed E-state index contributed by atoms with van der Waals surface area (Å²) in [6, 6.07) is 11.6. The molecule has 1 unspecified atom stereocenters. The Kier molecular flexibility index (Phi) is 7.61. The van der Waals surface area contributed by atoms with Crippen molar-refractivity contribution in [2.75, 3.05) is 24.5 Å². The Morgan fingerprint density at radius 1 is 1.18 bits per heavy atom. The normalized spacial score (nSPS) is 16.1. The standard InChI is InChI=1S/C26H35N3O4/c1-7-29(25(31)33-26(4,5)6)20-14-16-28(17-20)23-22(24(30)32-18(2)3)21(13-15-27-23)19-11-9-8-10-12-19/h8-13,15,18,20H,7,14,16-17H2,1-6H3. The van der Waals surface area contributed by atoms with Crippen molar-refractivity contribution in [3.8, 4) is 11.1 Å². The lowest BCUT2D eigenvalue weighted by Gasteiger charge is -2.31. The summed E-state index contributed by atoms with van der Waals surface area (Å²) >= 11 is 0. The van der Waals surface area contributed by atoms with Gasteiger partial charge in [-0.05, 0) is 59.6 Å². The quantitative estimate of drug-likeness (QED) is 0.563. The highest BCUT2D eigenvalue weighted by molar-refractivity contribution is 6.02. The van der Waals surface area contributed by atoms with E-state index in [9.17, 15) is 9.59 Å². The molecule has 33 heavy (non-hydrogen) atoms. The van der Waals surface area contributed by atoms with E-state index in [1.807, 2.05) is 77.9 Å². The molecule has 2 heterocycles. The summed E-state index contributed by atoms with van der Waals surface area (Å²) in [5.74, 6) is 0.194. The van der Waals surface area contributed by atoms with E-state index < -0.39 is 11.6 Å². The fourth-order valence-corrected chi connectivity index (χ4v) is 4.07. The fourth-order valence-electron chi connectivity index (χ4n) is 4.07. The number of nitrogens with zero attached hydrogens (tertiary/aromatic N) is 3. The molecule has 178 valence electrons. The molecule has 1 aliphatic rings. The molecule has 0 bridgehead atoms. The number of carbonyl (C=O) groups is 2. The summed E-state index contributed by atoms with van der Waals surface area (Å²) in [6.07, 6.45) is 1.93. The Balaban J connectivity index is 1.93. The van der Waals surface area contributed by atoms with Crippen LogP contribution in [0.15, 0.2) is 42.6 Å². The minimum atomic E-state index is -0.553. The zero-order valence-electron chi connectivity index (χ0n) is 20.5. The molecular formula is C26H35N3O4. The first-order chi connectivity index (χ1) is 15.6. The molecular weight excluding hydrogens is 418 g/mol. The minimum Gasteiger partial charge on any atom is -0.459 e. The van der Waals surface area contributed by atoms with Crippen molar-refractivity contribution < 1.29 is 19.1 Å². The van der Waals surface area contributed by atoms with E-state index in [2.05, 4.69) is 9.88 Å². The number of amides is 1. The Morgan fingerprint density at radius 3 is 2.48 bits per heavy atom. The number of rotatable bonds is 6. The predicted octanol–water partition coefficient (Wildman–Crippen LogP) is 5.15. The van der Waals surface area contributed by atoms with Crippen molar-refractivity contribution in [3.05, 3.63) is 48.2 Å². The molecule has 1 aromatic heterocycles. The maximum atomic E-state index is 13.2. The van der Waals surface area contributed by atoms with Gasteiger partial charge in [-0.3, -0.25) is 0 Å².